The summed E-state index contributed by atoms with van der Waals surface area (Å²) in [6, 6.07) is 17.7. The van der Waals surface area contributed by atoms with Gasteiger partial charge in [-0.15, -0.1) is 0 Å². The number of fused-ring (bicyclic) bond motifs is 1. The summed E-state index contributed by atoms with van der Waals surface area (Å²) in [7, 11) is 0. The van der Waals surface area contributed by atoms with Crippen molar-refractivity contribution in [3.8, 4) is 28.3 Å². The Labute approximate surface area is 205 Å². The Morgan fingerprint density at radius 2 is 1.89 bits per heavy atom. The lowest BCUT2D eigenvalue weighted by Gasteiger charge is -2.30. The lowest BCUT2D eigenvalue weighted by atomic mass is 9.92. The minimum atomic E-state index is -0.745. The molecule has 1 atom stereocenters. The van der Waals surface area contributed by atoms with Gasteiger partial charge in [-0.1, -0.05) is 18.6 Å². The highest BCUT2D eigenvalue weighted by Crippen LogP contribution is 2.47. The number of aliphatic hydroxyl groups is 1. The first kappa shape index (κ1) is 22.2. The molecule has 7 heteroatoms. The molecule has 4 N–H and O–H groups in total. The molecule has 6 rings (SSSR count). The van der Waals surface area contributed by atoms with Crippen LogP contribution >= 0.6 is 0 Å². The van der Waals surface area contributed by atoms with Crippen LogP contribution in [0.15, 0.2) is 54.7 Å². The Bertz CT molecular complexity index is 1290. The summed E-state index contributed by atoms with van der Waals surface area (Å²) in [6.07, 6.45) is 8.17. The molecule has 0 saturated heterocycles. The zero-order valence-electron chi connectivity index (χ0n) is 20.1. The maximum Gasteiger partial charge on any atom is 0.181 e. The van der Waals surface area contributed by atoms with Crippen molar-refractivity contribution >= 4 is 16.6 Å². The summed E-state index contributed by atoms with van der Waals surface area (Å²) in [5.74, 6) is 0.897. The molecule has 4 aromatic rings. The molecule has 1 unspecified atom stereocenters. The predicted octanol–water partition coefficient (Wildman–Crippen LogP) is 5.65. The van der Waals surface area contributed by atoms with E-state index in [2.05, 4.69) is 55.7 Å². The van der Waals surface area contributed by atoms with Crippen molar-refractivity contribution in [3.63, 3.8) is 0 Å². The summed E-state index contributed by atoms with van der Waals surface area (Å²) in [4.78, 5) is 0. The van der Waals surface area contributed by atoms with E-state index in [0.29, 0.717) is 18.7 Å². The van der Waals surface area contributed by atoms with Gasteiger partial charge >= 0.3 is 0 Å². The molecule has 35 heavy (non-hydrogen) atoms. The Morgan fingerprint density at radius 1 is 1.09 bits per heavy atom. The van der Waals surface area contributed by atoms with Crippen LogP contribution in [-0.4, -0.2) is 38.9 Å². The summed E-state index contributed by atoms with van der Waals surface area (Å²) in [6.45, 7) is 2.66. The number of anilines is 1. The van der Waals surface area contributed by atoms with Crippen molar-refractivity contribution in [2.75, 3.05) is 11.9 Å². The van der Waals surface area contributed by atoms with Gasteiger partial charge in [0.1, 0.15) is 5.75 Å². The Kier molecular flexibility index (Phi) is 5.96. The van der Waals surface area contributed by atoms with Crippen LogP contribution in [0.1, 0.15) is 51.5 Å². The SMILES string of the molecule is CCOc1ccc2c(-c3ccn[nH]3)c(-c3ccc(NC(O)NC4CCC4)cc3)n(C3CCC3)c2c1. The van der Waals surface area contributed by atoms with Crippen LogP contribution in [0.2, 0.25) is 0 Å². The highest BCUT2D eigenvalue weighted by molar-refractivity contribution is 6.04. The number of aromatic amines is 1. The number of hydrogen-bond donors (Lipinski definition) is 4. The maximum atomic E-state index is 10.4. The zero-order chi connectivity index (χ0) is 23.8. The van der Waals surface area contributed by atoms with Gasteiger partial charge in [-0.3, -0.25) is 10.4 Å². The van der Waals surface area contributed by atoms with E-state index in [1.54, 1.807) is 0 Å². The third kappa shape index (κ3) is 4.19. The third-order valence-corrected chi connectivity index (χ3v) is 7.46. The zero-order valence-corrected chi connectivity index (χ0v) is 20.1. The second-order valence-electron chi connectivity index (χ2n) is 9.68. The second kappa shape index (κ2) is 9.40. The van der Waals surface area contributed by atoms with Gasteiger partial charge in [-0.2, -0.15) is 5.10 Å². The van der Waals surface area contributed by atoms with Gasteiger partial charge in [0.05, 0.1) is 23.5 Å². The van der Waals surface area contributed by atoms with Gasteiger partial charge in [-0.05, 0) is 74.9 Å². The van der Waals surface area contributed by atoms with Crippen molar-refractivity contribution in [1.29, 1.82) is 0 Å². The number of H-pyrrole nitrogens is 1. The van der Waals surface area contributed by atoms with Gasteiger partial charge in [-0.25, -0.2) is 0 Å². The molecular weight excluding hydrogens is 438 g/mol. The van der Waals surface area contributed by atoms with Crippen LogP contribution in [0, 0.1) is 0 Å². The first-order valence-electron chi connectivity index (χ1n) is 12.8. The Morgan fingerprint density at radius 3 is 2.51 bits per heavy atom. The molecule has 2 aromatic carbocycles. The van der Waals surface area contributed by atoms with E-state index in [1.807, 2.05) is 31.3 Å². The lowest BCUT2D eigenvalue weighted by Crippen LogP contribution is -2.46. The van der Waals surface area contributed by atoms with Crippen LogP contribution < -0.4 is 15.4 Å². The first-order valence-corrected chi connectivity index (χ1v) is 12.8. The molecule has 7 nitrogen and oxygen atoms in total. The van der Waals surface area contributed by atoms with Crippen LogP contribution in [0.25, 0.3) is 33.4 Å². The van der Waals surface area contributed by atoms with Crippen molar-refractivity contribution < 1.29 is 9.84 Å². The van der Waals surface area contributed by atoms with E-state index in [-0.39, 0.29) is 0 Å². The molecule has 2 aliphatic rings. The minimum absolute atomic E-state index is 0.411. The minimum Gasteiger partial charge on any atom is -0.494 e. The van der Waals surface area contributed by atoms with Crippen molar-refractivity contribution in [1.82, 2.24) is 20.1 Å². The molecule has 2 aliphatic carbocycles. The standard InChI is InChI=1S/C28H33N5O2/c1-2-35-22-13-14-23-25(17-22)33(21-7-4-8-21)27(26(23)24-15-16-29-32-24)18-9-11-20(12-10-18)31-28(34)30-19-5-3-6-19/h9-17,19,21,28,30-31,34H,2-8H2,1H3,(H,29,32). The normalized spacial score (nSPS) is 17.2. The van der Waals surface area contributed by atoms with E-state index in [9.17, 15) is 5.11 Å². The number of aromatic nitrogens is 3. The van der Waals surface area contributed by atoms with Crippen LogP contribution in [-0.2, 0) is 0 Å². The second-order valence-corrected chi connectivity index (χ2v) is 9.68. The molecule has 0 spiro atoms. The number of nitrogens with zero attached hydrogens (tertiary/aromatic N) is 2. The summed E-state index contributed by atoms with van der Waals surface area (Å²) < 4.78 is 8.37. The predicted molar refractivity (Wildman–Crippen MR) is 139 cm³/mol. The Balaban J connectivity index is 1.43. The monoisotopic (exact) mass is 471 g/mol. The average molecular weight is 472 g/mol. The number of benzene rings is 2. The number of aliphatic hydroxyl groups excluding tert-OH is 1. The molecule has 182 valence electrons. The molecule has 0 aliphatic heterocycles. The summed E-state index contributed by atoms with van der Waals surface area (Å²) >= 11 is 0. The van der Waals surface area contributed by atoms with Gasteiger partial charge in [0, 0.05) is 41.0 Å². The van der Waals surface area contributed by atoms with Crippen molar-refractivity contribution in [3.05, 3.63) is 54.7 Å². The van der Waals surface area contributed by atoms with E-state index in [4.69, 9.17) is 4.74 Å². The van der Waals surface area contributed by atoms with Crippen LogP contribution in [0.4, 0.5) is 5.69 Å². The van der Waals surface area contributed by atoms with Crippen LogP contribution in [0.3, 0.4) is 0 Å². The van der Waals surface area contributed by atoms with E-state index in [0.717, 1.165) is 35.5 Å². The number of ether oxygens (including phenoxy) is 1. The fourth-order valence-corrected chi connectivity index (χ4v) is 5.24. The molecule has 2 aromatic heterocycles. The molecule has 2 saturated carbocycles. The summed E-state index contributed by atoms with van der Waals surface area (Å²) in [5, 5.41) is 25.4. The maximum absolute atomic E-state index is 10.4. The fourth-order valence-electron chi connectivity index (χ4n) is 5.24. The third-order valence-electron chi connectivity index (χ3n) is 7.46. The number of hydrogen-bond acceptors (Lipinski definition) is 5. The average Bonchev–Trinajstić information content (AvgIpc) is 3.43. The van der Waals surface area contributed by atoms with E-state index >= 15 is 0 Å². The van der Waals surface area contributed by atoms with Gasteiger partial charge in [0.2, 0.25) is 0 Å². The van der Waals surface area contributed by atoms with Crippen molar-refractivity contribution in [2.45, 2.75) is 63.9 Å². The van der Waals surface area contributed by atoms with E-state index < -0.39 is 6.35 Å². The summed E-state index contributed by atoms with van der Waals surface area (Å²) in [5.41, 5.74) is 6.60. The molecule has 0 bridgehead atoms. The molecule has 0 amide bonds. The molecule has 0 radical (unpaired) electrons. The molecule has 2 fully saturated rings. The van der Waals surface area contributed by atoms with Gasteiger partial charge < -0.3 is 19.7 Å². The first-order chi connectivity index (χ1) is 17.2. The highest BCUT2D eigenvalue weighted by atomic mass is 16.5. The molecular formula is C28H33N5O2. The Hall–Kier alpha value is -3.29. The van der Waals surface area contributed by atoms with Crippen LogP contribution in [0.5, 0.6) is 5.75 Å². The van der Waals surface area contributed by atoms with Gasteiger partial charge in [0.15, 0.2) is 6.35 Å². The number of nitrogens with one attached hydrogen (secondary N) is 3. The lowest BCUT2D eigenvalue weighted by molar-refractivity contribution is 0.128. The molecule has 2 heterocycles. The smallest absolute Gasteiger partial charge is 0.181 e. The highest BCUT2D eigenvalue weighted by Gasteiger charge is 2.29. The topological polar surface area (TPSA) is 87.1 Å². The van der Waals surface area contributed by atoms with E-state index in [1.165, 1.54) is 47.8 Å². The quantitative estimate of drug-likeness (QED) is 0.237. The number of rotatable bonds is 9. The fraction of sp³-hybridized carbons (Fsp3) is 0.393. The van der Waals surface area contributed by atoms with Gasteiger partial charge in [0.25, 0.3) is 0 Å². The van der Waals surface area contributed by atoms with Crippen molar-refractivity contribution in [2.24, 2.45) is 0 Å². The largest absolute Gasteiger partial charge is 0.494 e.